The van der Waals surface area contributed by atoms with Gasteiger partial charge in [0.25, 0.3) is 0 Å². The lowest BCUT2D eigenvalue weighted by Gasteiger charge is -2.04. The molecule has 0 amide bonds. The molecule has 2 rings (SSSR count). The summed E-state index contributed by atoms with van der Waals surface area (Å²) in [6.45, 7) is 1.99. The lowest BCUT2D eigenvalue weighted by molar-refractivity contribution is 0.475. The van der Waals surface area contributed by atoms with Crippen LogP contribution in [0.3, 0.4) is 0 Å². The third kappa shape index (κ3) is 2.10. The van der Waals surface area contributed by atoms with E-state index in [0.29, 0.717) is 5.02 Å². The van der Waals surface area contributed by atoms with Gasteiger partial charge < -0.3 is 5.11 Å². The predicted molar refractivity (Wildman–Crippen MR) is 61.1 cm³/mol. The fourth-order valence-electron chi connectivity index (χ4n) is 1.39. The van der Waals surface area contributed by atoms with Gasteiger partial charge in [-0.2, -0.15) is 0 Å². The summed E-state index contributed by atoms with van der Waals surface area (Å²) in [5.74, 6) is 0.192. The first-order valence-corrected chi connectivity index (χ1v) is 4.96. The van der Waals surface area contributed by atoms with Crippen molar-refractivity contribution in [2.75, 3.05) is 0 Å². The smallest absolute Gasteiger partial charge is 0.116 e. The molecule has 3 heteroatoms. The summed E-state index contributed by atoms with van der Waals surface area (Å²) in [6, 6.07) is 8.68. The molecule has 15 heavy (non-hydrogen) atoms. The fraction of sp³-hybridized carbons (Fsp3) is 0.0833. The molecule has 0 saturated carbocycles. The number of aromatic nitrogens is 1. The minimum absolute atomic E-state index is 0.192. The molecule has 0 unspecified atom stereocenters. The van der Waals surface area contributed by atoms with Gasteiger partial charge in [0.05, 0.1) is 10.7 Å². The van der Waals surface area contributed by atoms with E-state index in [2.05, 4.69) is 4.98 Å². The Hall–Kier alpha value is -1.54. The molecule has 1 aromatic heterocycles. The molecule has 0 aliphatic heterocycles. The van der Waals surface area contributed by atoms with E-state index in [-0.39, 0.29) is 5.75 Å². The van der Waals surface area contributed by atoms with Gasteiger partial charge in [0.2, 0.25) is 0 Å². The van der Waals surface area contributed by atoms with Crippen molar-refractivity contribution in [1.82, 2.24) is 4.98 Å². The van der Waals surface area contributed by atoms with Crippen LogP contribution in [0.4, 0.5) is 0 Å². The van der Waals surface area contributed by atoms with E-state index >= 15 is 0 Å². The average molecular weight is 220 g/mol. The van der Waals surface area contributed by atoms with E-state index < -0.39 is 0 Å². The molecule has 0 saturated heterocycles. The van der Waals surface area contributed by atoms with Crippen LogP contribution in [0.2, 0.25) is 5.02 Å². The quantitative estimate of drug-likeness (QED) is 0.797. The number of benzene rings is 1. The molecule has 2 nitrogen and oxygen atoms in total. The maximum absolute atomic E-state index is 9.38. The molecule has 0 atom stereocenters. The average Bonchev–Trinajstić information content (AvgIpc) is 2.22. The first-order valence-electron chi connectivity index (χ1n) is 4.58. The first-order chi connectivity index (χ1) is 7.16. The van der Waals surface area contributed by atoms with Gasteiger partial charge in [-0.15, -0.1) is 0 Å². The summed E-state index contributed by atoms with van der Waals surface area (Å²) in [6.07, 6.45) is 1.73. The van der Waals surface area contributed by atoms with Crippen molar-refractivity contribution in [2.24, 2.45) is 0 Å². The van der Waals surface area contributed by atoms with Gasteiger partial charge in [-0.1, -0.05) is 11.6 Å². The van der Waals surface area contributed by atoms with Gasteiger partial charge >= 0.3 is 0 Å². The van der Waals surface area contributed by atoms with E-state index in [9.17, 15) is 5.11 Å². The highest BCUT2D eigenvalue weighted by molar-refractivity contribution is 6.33. The maximum Gasteiger partial charge on any atom is 0.116 e. The Labute approximate surface area is 93.2 Å². The Morgan fingerprint density at radius 3 is 2.73 bits per heavy atom. The number of phenols is 1. The van der Waals surface area contributed by atoms with Crippen molar-refractivity contribution in [3.63, 3.8) is 0 Å². The van der Waals surface area contributed by atoms with Crippen molar-refractivity contribution < 1.29 is 5.11 Å². The Morgan fingerprint density at radius 1 is 1.20 bits per heavy atom. The summed E-state index contributed by atoms with van der Waals surface area (Å²) < 4.78 is 0. The SMILES string of the molecule is Cc1ccnc(-c2cc(O)ccc2Cl)c1. The van der Waals surface area contributed by atoms with Crippen LogP contribution in [-0.2, 0) is 0 Å². The third-order valence-corrected chi connectivity index (χ3v) is 2.47. The summed E-state index contributed by atoms with van der Waals surface area (Å²) in [5, 5.41) is 9.97. The van der Waals surface area contributed by atoms with Crippen LogP contribution in [-0.4, -0.2) is 10.1 Å². The number of hydrogen-bond donors (Lipinski definition) is 1. The molecule has 1 heterocycles. The van der Waals surface area contributed by atoms with Crippen LogP contribution in [0.15, 0.2) is 36.5 Å². The van der Waals surface area contributed by atoms with Crippen molar-refractivity contribution in [3.8, 4) is 17.0 Å². The van der Waals surface area contributed by atoms with E-state index in [1.165, 1.54) is 0 Å². The summed E-state index contributed by atoms with van der Waals surface area (Å²) >= 11 is 6.03. The van der Waals surface area contributed by atoms with Crippen molar-refractivity contribution >= 4 is 11.6 Å². The highest BCUT2D eigenvalue weighted by atomic mass is 35.5. The van der Waals surface area contributed by atoms with Crippen LogP contribution < -0.4 is 0 Å². The molecule has 76 valence electrons. The van der Waals surface area contributed by atoms with Crippen LogP contribution in [0.25, 0.3) is 11.3 Å². The van der Waals surface area contributed by atoms with E-state index in [1.54, 1.807) is 24.4 Å². The molecule has 0 fully saturated rings. The Balaban J connectivity index is 2.58. The largest absolute Gasteiger partial charge is 0.508 e. The van der Waals surface area contributed by atoms with E-state index in [0.717, 1.165) is 16.8 Å². The molecule has 1 N–H and O–H groups in total. The summed E-state index contributed by atoms with van der Waals surface area (Å²) in [7, 11) is 0. The number of nitrogens with zero attached hydrogens (tertiary/aromatic N) is 1. The monoisotopic (exact) mass is 219 g/mol. The summed E-state index contributed by atoms with van der Waals surface area (Å²) in [5.41, 5.74) is 2.63. The number of halogens is 1. The fourth-order valence-corrected chi connectivity index (χ4v) is 1.61. The second-order valence-corrected chi connectivity index (χ2v) is 3.79. The number of pyridine rings is 1. The second kappa shape index (κ2) is 3.91. The highest BCUT2D eigenvalue weighted by Crippen LogP contribution is 2.29. The molecule has 0 aliphatic rings. The zero-order valence-corrected chi connectivity index (χ0v) is 8.99. The van der Waals surface area contributed by atoms with Gasteiger partial charge in [0, 0.05) is 11.8 Å². The topological polar surface area (TPSA) is 33.1 Å². The maximum atomic E-state index is 9.38. The van der Waals surface area contributed by atoms with Crippen LogP contribution >= 0.6 is 11.6 Å². The standard InChI is InChI=1S/C12H10ClNO/c1-8-4-5-14-12(6-8)10-7-9(15)2-3-11(10)13/h2-7,15H,1H3. The van der Waals surface area contributed by atoms with E-state index in [4.69, 9.17) is 11.6 Å². The number of aromatic hydroxyl groups is 1. The van der Waals surface area contributed by atoms with Gasteiger partial charge in [-0.25, -0.2) is 0 Å². The molecule has 0 radical (unpaired) electrons. The minimum atomic E-state index is 0.192. The second-order valence-electron chi connectivity index (χ2n) is 3.38. The molecular formula is C12H10ClNO. The van der Waals surface area contributed by atoms with Gasteiger partial charge in [0.1, 0.15) is 5.75 Å². The third-order valence-electron chi connectivity index (χ3n) is 2.14. The molecule has 2 aromatic rings. The van der Waals surface area contributed by atoms with Crippen molar-refractivity contribution in [1.29, 1.82) is 0 Å². The summed E-state index contributed by atoms with van der Waals surface area (Å²) in [4.78, 5) is 4.22. The molecule has 0 aliphatic carbocycles. The van der Waals surface area contributed by atoms with Crippen LogP contribution in [0.5, 0.6) is 5.75 Å². The van der Waals surface area contributed by atoms with Crippen LogP contribution in [0.1, 0.15) is 5.56 Å². The molecule has 1 aromatic carbocycles. The molecular weight excluding hydrogens is 210 g/mol. The molecule has 0 spiro atoms. The van der Waals surface area contributed by atoms with E-state index in [1.807, 2.05) is 19.1 Å². The number of rotatable bonds is 1. The highest BCUT2D eigenvalue weighted by Gasteiger charge is 2.05. The van der Waals surface area contributed by atoms with Gasteiger partial charge in [-0.3, -0.25) is 4.98 Å². The first kappa shape index (κ1) is 9.99. The molecule has 0 bridgehead atoms. The van der Waals surface area contributed by atoms with Gasteiger partial charge in [0.15, 0.2) is 0 Å². The normalized spacial score (nSPS) is 10.3. The lowest BCUT2D eigenvalue weighted by Crippen LogP contribution is -1.85. The predicted octanol–water partition coefficient (Wildman–Crippen LogP) is 3.42. The zero-order valence-electron chi connectivity index (χ0n) is 8.24. The lowest BCUT2D eigenvalue weighted by atomic mass is 10.1. The number of hydrogen-bond acceptors (Lipinski definition) is 2. The minimum Gasteiger partial charge on any atom is -0.508 e. The van der Waals surface area contributed by atoms with Gasteiger partial charge in [-0.05, 0) is 42.8 Å². The zero-order chi connectivity index (χ0) is 10.8. The Kier molecular flexibility index (Phi) is 2.60. The number of aryl methyl sites for hydroxylation is 1. The van der Waals surface area contributed by atoms with Crippen LogP contribution in [0, 0.1) is 6.92 Å². The Bertz CT molecular complexity index is 497. The Morgan fingerprint density at radius 2 is 2.00 bits per heavy atom. The number of phenolic OH excluding ortho intramolecular Hbond substituents is 1. The van der Waals surface area contributed by atoms with Crippen molar-refractivity contribution in [3.05, 3.63) is 47.1 Å². The van der Waals surface area contributed by atoms with Crippen molar-refractivity contribution in [2.45, 2.75) is 6.92 Å².